The van der Waals surface area contributed by atoms with Crippen molar-refractivity contribution in [1.82, 2.24) is 19.8 Å². The summed E-state index contributed by atoms with van der Waals surface area (Å²) in [5.74, 6) is -0.0854. The Morgan fingerprint density at radius 1 is 1.07 bits per heavy atom. The van der Waals surface area contributed by atoms with Crippen molar-refractivity contribution >= 4 is 22.0 Å². The monoisotopic (exact) mass is 422 g/mol. The highest BCUT2D eigenvalue weighted by molar-refractivity contribution is 7.89. The summed E-state index contributed by atoms with van der Waals surface area (Å²) < 4.78 is 27.4. The number of piperazine rings is 1. The van der Waals surface area contributed by atoms with Crippen molar-refractivity contribution < 1.29 is 18.0 Å². The van der Waals surface area contributed by atoms with E-state index < -0.39 is 16.1 Å². The van der Waals surface area contributed by atoms with E-state index in [9.17, 15) is 18.0 Å². The van der Waals surface area contributed by atoms with Crippen LogP contribution in [0.25, 0.3) is 0 Å². The van der Waals surface area contributed by atoms with E-state index in [-0.39, 0.29) is 12.5 Å². The summed E-state index contributed by atoms with van der Waals surface area (Å²) in [4.78, 5) is 25.9. The average molecular weight is 423 g/mol. The van der Waals surface area contributed by atoms with Crippen LogP contribution in [0, 0.1) is 5.92 Å². The van der Waals surface area contributed by atoms with Gasteiger partial charge in [0.1, 0.15) is 0 Å². The first-order valence-corrected chi connectivity index (χ1v) is 11.6. The van der Waals surface area contributed by atoms with Crippen LogP contribution in [-0.4, -0.2) is 68.8 Å². The Bertz CT molecular complexity index is 861. The van der Waals surface area contributed by atoms with Gasteiger partial charge in [-0.2, -0.15) is 4.31 Å². The van der Waals surface area contributed by atoms with Crippen molar-refractivity contribution in [2.45, 2.75) is 38.0 Å². The molecule has 8 nitrogen and oxygen atoms in total. The minimum atomic E-state index is -3.53. The number of nitrogens with one attached hydrogen (secondary N) is 2. The number of rotatable bonds is 6. The van der Waals surface area contributed by atoms with Gasteiger partial charge in [-0.1, -0.05) is 19.9 Å². The lowest BCUT2D eigenvalue weighted by Crippen LogP contribution is -2.52. The van der Waals surface area contributed by atoms with Crippen molar-refractivity contribution in [3.05, 3.63) is 29.3 Å². The summed E-state index contributed by atoms with van der Waals surface area (Å²) in [6.45, 7) is 6.06. The van der Waals surface area contributed by atoms with Crippen LogP contribution >= 0.6 is 0 Å². The fourth-order valence-corrected chi connectivity index (χ4v) is 5.17. The number of imide groups is 1. The number of hydrogen-bond acceptors (Lipinski definition) is 5. The summed E-state index contributed by atoms with van der Waals surface area (Å²) in [7, 11) is -3.53. The van der Waals surface area contributed by atoms with E-state index in [2.05, 4.69) is 10.6 Å². The zero-order valence-electron chi connectivity index (χ0n) is 17.1. The van der Waals surface area contributed by atoms with Gasteiger partial charge in [-0.05, 0) is 48.4 Å². The van der Waals surface area contributed by atoms with E-state index in [1.165, 1.54) is 9.87 Å². The maximum Gasteiger partial charge on any atom is 0.321 e. The van der Waals surface area contributed by atoms with E-state index in [1.54, 1.807) is 6.07 Å². The third kappa shape index (κ3) is 5.55. The Labute approximate surface area is 172 Å². The molecule has 0 radical (unpaired) electrons. The van der Waals surface area contributed by atoms with Crippen molar-refractivity contribution in [1.29, 1.82) is 0 Å². The summed E-state index contributed by atoms with van der Waals surface area (Å²) in [5.41, 5.74) is 2.38. The van der Waals surface area contributed by atoms with Crippen LogP contribution in [0.3, 0.4) is 0 Å². The van der Waals surface area contributed by atoms with Gasteiger partial charge in [-0.15, -0.1) is 0 Å². The lowest BCUT2D eigenvalue weighted by Gasteiger charge is -2.33. The van der Waals surface area contributed by atoms with Crippen LogP contribution in [-0.2, 0) is 27.7 Å². The Morgan fingerprint density at radius 3 is 2.45 bits per heavy atom. The first-order chi connectivity index (χ1) is 13.8. The topological polar surface area (TPSA) is 98.8 Å². The molecule has 0 aromatic heterocycles. The summed E-state index contributed by atoms with van der Waals surface area (Å²) in [6, 6.07) is 4.95. The Hall–Kier alpha value is -1.97. The zero-order valence-corrected chi connectivity index (χ0v) is 17.9. The molecule has 2 aliphatic rings. The van der Waals surface area contributed by atoms with Crippen LogP contribution in [0.1, 0.15) is 31.4 Å². The smallest absolute Gasteiger partial charge is 0.321 e. The highest BCUT2D eigenvalue weighted by Gasteiger charge is 2.30. The molecule has 29 heavy (non-hydrogen) atoms. The Morgan fingerprint density at radius 2 is 1.76 bits per heavy atom. The highest BCUT2D eigenvalue weighted by Crippen LogP contribution is 2.26. The third-order valence-corrected chi connectivity index (χ3v) is 7.22. The van der Waals surface area contributed by atoms with Crippen molar-refractivity contribution in [3.63, 3.8) is 0 Å². The van der Waals surface area contributed by atoms with Crippen LogP contribution < -0.4 is 10.6 Å². The molecule has 3 amide bonds. The molecule has 0 bridgehead atoms. The van der Waals surface area contributed by atoms with Gasteiger partial charge in [0.15, 0.2) is 0 Å². The molecule has 1 heterocycles. The van der Waals surface area contributed by atoms with Gasteiger partial charge < -0.3 is 5.32 Å². The number of carbonyl (C=O) groups is 2. The SMILES string of the molecule is CC(C)CNC(=O)NC(=O)CN1CCN(S(=O)(=O)c2ccc3c(c2)CCC3)CC1. The highest BCUT2D eigenvalue weighted by atomic mass is 32.2. The minimum Gasteiger partial charge on any atom is -0.338 e. The normalized spacial score (nSPS) is 17.9. The number of amides is 3. The van der Waals surface area contributed by atoms with Gasteiger partial charge in [0.25, 0.3) is 0 Å². The van der Waals surface area contributed by atoms with E-state index in [0.29, 0.717) is 43.5 Å². The molecule has 1 saturated heterocycles. The molecule has 0 unspecified atom stereocenters. The molecule has 3 rings (SSSR count). The number of benzene rings is 1. The predicted octanol–water partition coefficient (Wildman–Crippen LogP) is 0.963. The molecule has 2 N–H and O–H groups in total. The molecule has 0 atom stereocenters. The number of nitrogens with zero attached hydrogens (tertiary/aromatic N) is 2. The maximum absolute atomic E-state index is 13.0. The predicted molar refractivity (Wildman–Crippen MR) is 110 cm³/mol. The van der Waals surface area contributed by atoms with E-state index >= 15 is 0 Å². The molecular weight excluding hydrogens is 392 g/mol. The molecule has 1 aliphatic heterocycles. The van der Waals surface area contributed by atoms with Gasteiger partial charge >= 0.3 is 6.03 Å². The number of fused-ring (bicyclic) bond motifs is 1. The van der Waals surface area contributed by atoms with Gasteiger partial charge in [-0.3, -0.25) is 15.0 Å². The summed E-state index contributed by atoms with van der Waals surface area (Å²) in [6.07, 6.45) is 3.04. The number of carbonyl (C=O) groups excluding carboxylic acids is 2. The molecular formula is C20H30N4O4S. The molecule has 1 aromatic rings. The largest absolute Gasteiger partial charge is 0.338 e. The molecule has 0 spiro atoms. The number of hydrogen-bond donors (Lipinski definition) is 2. The van der Waals surface area contributed by atoms with Crippen LogP contribution in [0.15, 0.2) is 23.1 Å². The molecule has 160 valence electrons. The van der Waals surface area contributed by atoms with Gasteiger partial charge in [0.05, 0.1) is 11.4 Å². The van der Waals surface area contributed by atoms with Crippen LogP contribution in [0.4, 0.5) is 4.79 Å². The van der Waals surface area contributed by atoms with Crippen molar-refractivity contribution in [2.24, 2.45) is 5.92 Å². The second-order valence-corrected chi connectivity index (χ2v) is 10.1. The molecule has 1 aromatic carbocycles. The number of sulfonamides is 1. The van der Waals surface area contributed by atoms with E-state index in [4.69, 9.17) is 0 Å². The van der Waals surface area contributed by atoms with Gasteiger partial charge in [-0.25, -0.2) is 13.2 Å². The second kappa shape index (κ2) is 9.23. The zero-order chi connectivity index (χ0) is 21.0. The van der Waals surface area contributed by atoms with E-state index in [1.807, 2.05) is 30.9 Å². The first kappa shape index (κ1) is 21.7. The lowest BCUT2D eigenvalue weighted by molar-refractivity contribution is -0.121. The average Bonchev–Trinajstić information content (AvgIpc) is 3.14. The standard InChI is InChI=1S/C20H30N4O4S/c1-15(2)13-21-20(26)22-19(25)14-23-8-10-24(11-9-23)29(27,28)18-7-6-16-4-3-5-17(16)12-18/h6-7,12,15H,3-5,8-11,13-14H2,1-2H3,(H2,21,22,25,26). The molecule has 1 fully saturated rings. The van der Waals surface area contributed by atoms with Gasteiger partial charge in [0, 0.05) is 32.7 Å². The fraction of sp³-hybridized carbons (Fsp3) is 0.600. The fourth-order valence-electron chi connectivity index (χ4n) is 3.70. The van der Waals surface area contributed by atoms with Gasteiger partial charge in [0.2, 0.25) is 15.9 Å². The number of aryl methyl sites for hydroxylation is 2. The number of urea groups is 1. The third-order valence-electron chi connectivity index (χ3n) is 5.33. The van der Waals surface area contributed by atoms with Crippen molar-refractivity contribution in [3.8, 4) is 0 Å². The molecule has 0 saturated carbocycles. The first-order valence-electron chi connectivity index (χ1n) is 10.2. The maximum atomic E-state index is 13.0. The summed E-state index contributed by atoms with van der Waals surface area (Å²) >= 11 is 0. The second-order valence-electron chi connectivity index (χ2n) is 8.12. The minimum absolute atomic E-state index is 0.0713. The quantitative estimate of drug-likeness (QED) is 0.712. The van der Waals surface area contributed by atoms with E-state index in [0.717, 1.165) is 24.8 Å². The summed E-state index contributed by atoms with van der Waals surface area (Å²) in [5, 5.41) is 4.95. The Kier molecular flexibility index (Phi) is 6.92. The van der Waals surface area contributed by atoms with Crippen molar-refractivity contribution in [2.75, 3.05) is 39.3 Å². The van der Waals surface area contributed by atoms with Crippen LogP contribution in [0.5, 0.6) is 0 Å². The Balaban J connectivity index is 1.49. The molecule has 1 aliphatic carbocycles. The van der Waals surface area contributed by atoms with Crippen LogP contribution in [0.2, 0.25) is 0 Å². The lowest BCUT2D eigenvalue weighted by atomic mass is 10.1. The molecule has 9 heteroatoms.